The van der Waals surface area contributed by atoms with E-state index in [0.29, 0.717) is 6.04 Å². The molecule has 1 atom stereocenters. The van der Waals surface area contributed by atoms with Crippen LogP contribution in [0.5, 0.6) is 0 Å². The van der Waals surface area contributed by atoms with Crippen molar-refractivity contribution in [1.29, 1.82) is 0 Å². The van der Waals surface area contributed by atoms with Gasteiger partial charge in [0, 0.05) is 34.7 Å². The molecule has 21 heavy (non-hydrogen) atoms. The molecule has 0 spiro atoms. The number of hydrogen-bond acceptors (Lipinski definition) is 1. The zero-order valence-electron chi connectivity index (χ0n) is 12.8. The van der Waals surface area contributed by atoms with Crippen molar-refractivity contribution in [3.8, 4) is 0 Å². The fourth-order valence-electron chi connectivity index (χ4n) is 3.55. The van der Waals surface area contributed by atoms with Gasteiger partial charge in [-0.1, -0.05) is 43.4 Å². The average molecular weight is 305 g/mol. The summed E-state index contributed by atoms with van der Waals surface area (Å²) in [5.41, 5.74) is 2.46. The summed E-state index contributed by atoms with van der Waals surface area (Å²) in [6.45, 7) is 3.28. The van der Waals surface area contributed by atoms with Gasteiger partial charge in [-0.2, -0.15) is 0 Å². The van der Waals surface area contributed by atoms with Crippen molar-refractivity contribution in [1.82, 2.24) is 10.3 Å². The number of halogens is 1. The van der Waals surface area contributed by atoms with E-state index < -0.39 is 0 Å². The maximum absolute atomic E-state index is 6.04. The molecule has 0 radical (unpaired) electrons. The number of H-pyrrole nitrogens is 1. The summed E-state index contributed by atoms with van der Waals surface area (Å²) in [5, 5.41) is 5.80. The second-order valence-corrected chi connectivity index (χ2v) is 6.86. The minimum atomic E-state index is 0.598. The molecule has 1 aromatic carbocycles. The molecule has 1 aliphatic rings. The summed E-state index contributed by atoms with van der Waals surface area (Å²) in [6.07, 6.45) is 10.5. The SMILES string of the molecule is C[C@H](NCc1c[nH]c2cc(Cl)ccc12)C1CCCCCC1. The van der Waals surface area contributed by atoms with Gasteiger partial charge in [0.2, 0.25) is 0 Å². The van der Waals surface area contributed by atoms with Gasteiger partial charge in [-0.15, -0.1) is 0 Å². The molecule has 2 nitrogen and oxygen atoms in total. The summed E-state index contributed by atoms with van der Waals surface area (Å²) in [6, 6.07) is 6.67. The zero-order valence-corrected chi connectivity index (χ0v) is 13.5. The molecule has 3 heteroatoms. The van der Waals surface area contributed by atoms with Crippen LogP contribution in [-0.2, 0) is 6.54 Å². The Balaban J connectivity index is 1.63. The van der Waals surface area contributed by atoms with Gasteiger partial charge in [0.1, 0.15) is 0 Å². The number of benzene rings is 1. The number of fused-ring (bicyclic) bond motifs is 1. The first kappa shape index (κ1) is 14.9. The Hall–Kier alpha value is -0.990. The van der Waals surface area contributed by atoms with E-state index in [1.54, 1.807) is 0 Å². The largest absolute Gasteiger partial charge is 0.361 e. The minimum Gasteiger partial charge on any atom is -0.361 e. The summed E-state index contributed by atoms with van der Waals surface area (Å²) in [5.74, 6) is 0.840. The Morgan fingerprint density at radius 2 is 2.00 bits per heavy atom. The molecular formula is C18H25ClN2. The van der Waals surface area contributed by atoms with Crippen molar-refractivity contribution in [2.24, 2.45) is 5.92 Å². The molecule has 1 aromatic heterocycles. The second kappa shape index (κ2) is 6.85. The van der Waals surface area contributed by atoms with Crippen molar-refractivity contribution in [3.05, 3.63) is 35.0 Å². The van der Waals surface area contributed by atoms with Crippen molar-refractivity contribution in [3.63, 3.8) is 0 Å². The van der Waals surface area contributed by atoms with Crippen LogP contribution in [0.15, 0.2) is 24.4 Å². The predicted octanol–water partition coefficient (Wildman–Crippen LogP) is 5.27. The van der Waals surface area contributed by atoms with Crippen LogP contribution in [-0.4, -0.2) is 11.0 Å². The van der Waals surface area contributed by atoms with Crippen LogP contribution in [0.2, 0.25) is 5.02 Å². The molecule has 114 valence electrons. The quantitative estimate of drug-likeness (QED) is 0.740. The first-order chi connectivity index (χ1) is 10.2. The van der Waals surface area contributed by atoms with Crippen LogP contribution in [0, 0.1) is 5.92 Å². The van der Waals surface area contributed by atoms with Gasteiger partial charge < -0.3 is 10.3 Å². The van der Waals surface area contributed by atoms with Crippen LogP contribution in [0.4, 0.5) is 0 Å². The van der Waals surface area contributed by atoms with Crippen LogP contribution < -0.4 is 5.32 Å². The van der Waals surface area contributed by atoms with Crippen LogP contribution in [0.3, 0.4) is 0 Å². The lowest BCUT2D eigenvalue weighted by Gasteiger charge is -2.23. The lowest BCUT2D eigenvalue weighted by molar-refractivity contribution is 0.337. The molecule has 1 saturated carbocycles. The molecule has 0 bridgehead atoms. The zero-order chi connectivity index (χ0) is 14.7. The lowest BCUT2D eigenvalue weighted by Crippen LogP contribution is -2.32. The Morgan fingerprint density at radius 1 is 1.24 bits per heavy atom. The molecule has 0 aliphatic heterocycles. The van der Waals surface area contributed by atoms with Crippen molar-refractivity contribution in [2.75, 3.05) is 0 Å². The molecule has 2 aromatic rings. The molecule has 1 aliphatic carbocycles. The van der Waals surface area contributed by atoms with E-state index in [1.807, 2.05) is 12.1 Å². The van der Waals surface area contributed by atoms with E-state index in [9.17, 15) is 0 Å². The highest BCUT2D eigenvalue weighted by molar-refractivity contribution is 6.31. The van der Waals surface area contributed by atoms with Gasteiger partial charge in [-0.05, 0) is 43.4 Å². The van der Waals surface area contributed by atoms with Crippen LogP contribution in [0.25, 0.3) is 10.9 Å². The highest BCUT2D eigenvalue weighted by atomic mass is 35.5. The third kappa shape index (κ3) is 3.61. The number of aromatic nitrogens is 1. The predicted molar refractivity (Wildman–Crippen MR) is 90.8 cm³/mol. The van der Waals surface area contributed by atoms with Crippen LogP contribution in [0.1, 0.15) is 51.0 Å². The first-order valence-corrected chi connectivity index (χ1v) is 8.61. The molecular weight excluding hydrogens is 280 g/mol. The van der Waals surface area contributed by atoms with Gasteiger partial charge in [-0.25, -0.2) is 0 Å². The van der Waals surface area contributed by atoms with E-state index in [-0.39, 0.29) is 0 Å². The number of hydrogen-bond donors (Lipinski definition) is 2. The van der Waals surface area contributed by atoms with E-state index in [4.69, 9.17) is 11.6 Å². The van der Waals surface area contributed by atoms with Gasteiger partial charge in [0.25, 0.3) is 0 Å². The minimum absolute atomic E-state index is 0.598. The Morgan fingerprint density at radius 3 is 2.76 bits per heavy atom. The van der Waals surface area contributed by atoms with E-state index >= 15 is 0 Å². The lowest BCUT2D eigenvalue weighted by atomic mass is 9.93. The van der Waals surface area contributed by atoms with Gasteiger partial charge in [0.05, 0.1) is 0 Å². The van der Waals surface area contributed by atoms with Crippen LogP contribution >= 0.6 is 11.6 Å². The standard InChI is InChI=1S/C18H25ClN2/c1-13(14-6-4-2-3-5-7-14)20-11-15-12-21-18-10-16(19)8-9-17(15)18/h8-10,12-14,20-21H,2-7,11H2,1H3/t13-/m0/s1. The summed E-state index contributed by atoms with van der Waals surface area (Å²) >= 11 is 6.04. The maximum Gasteiger partial charge on any atom is 0.0472 e. The molecule has 0 unspecified atom stereocenters. The van der Waals surface area contributed by atoms with Crippen molar-refractivity contribution >= 4 is 22.5 Å². The van der Waals surface area contributed by atoms with Gasteiger partial charge >= 0.3 is 0 Å². The summed E-state index contributed by atoms with van der Waals surface area (Å²) in [7, 11) is 0. The Bertz CT molecular complexity index is 582. The fourth-order valence-corrected chi connectivity index (χ4v) is 3.73. The number of nitrogens with one attached hydrogen (secondary N) is 2. The van der Waals surface area contributed by atoms with Crippen molar-refractivity contribution < 1.29 is 0 Å². The third-order valence-corrected chi connectivity index (χ3v) is 5.19. The Kier molecular flexibility index (Phi) is 4.87. The van der Waals surface area contributed by atoms with E-state index in [2.05, 4.69) is 29.5 Å². The average Bonchev–Trinajstić information content (AvgIpc) is 2.70. The molecule has 1 heterocycles. The van der Waals surface area contributed by atoms with Gasteiger partial charge in [-0.3, -0.25) is 0 Å². The fraction of sp³-hybridized carbons (Fsp3) is 0.556. The molecule has 3 rings (SSSR count). The second-order valence-electron chi connectivity index (χ2n) is 6.43. The molecule has 0 saturated heterocycles. The monoisotopic (exact) mass is 304 g/mol. The Labute approximate surface area is 132 Å². The molecule has 0 amide bonds. The first-order valence-electron chi connectivity index (χ1n) is 8.23. The van der Waals surface area contributed by atoms with Gasteiger partial charge in [0.15, 0.2) is 0 Å². The highest BCUT2D eigenvalue weighted by Crippen LogP contribution is 2.26. The molecule has 2 N–H and O–H groups in total. The van der Waals surface area contributed by atoms with E-state index in [1.165, 1.54) is 49.5 Å². The smallest absolute Gasteiger partial charge is 0.0472 e. The highest BCUT2D eigenvalue weighted by Gasteiger charge is 2.18. The third-order valence-electron chi connectivity index (χ3n) is 4.95. The summed E-state index contributed by atoms with van der Waals surface area (Å²) < 4.78 is 0. The number of rotatable bonds is 4. The van der Waals surface area contributed by atoms with E-state index in [0.717, 1.165) is 23.0 Å². The normalized spacial score (nSPS) is 18.8. The topological polar surface area (TPSA) is 27.8 Å². The summed E-state index contributed by atoms with van der Waals surface area (Å²) in [4.78, 5) is 3.32. The van der Waals surface area contributed by atoms with Crippen molar-refractivity contribution in [2.45, 2.75) is 58.0 Å². The maximum atomic E-state index is 6.04. The molecule has 1 fully saturated rings. The number of aromatic amines is 1.